The van der Waals surface area contributed by atoms with Gasteiger partial charge in [0.25, 0.3) is 0 Å². The lowest BCUT2D eigenvalue weighted by Gasteiger charge is -2.46. The zero-order chi connectivity index (χ0) is 16.2. The van der Waals surface area contributed by atoms with E-state index in [-0.39, 0.29) is 11.6 Å². The molecule has 0 radical (unpaired) electrons. The average Bonchev–Trinajstić information content (AvgIpc) is 2.37. The van der Waals surface area contributed by atoms with Crippen molar-refractivity contribution in [2.24, 2.45) is 0 Å². The minimum atomic E-state index is -2.23. The lowest BCUT2D eigenvalue weighted by molar-refractivity contribution is -0.149. The highest BCUT2D eigenvalue weighted by Gasteiger charge is 2.50. The lowest BCUT2D eigenvalue weighted by Crippen LogP contribution is -2.60. The van der Waals surface area contributed by atoms with E-state index in [9.17, 15) is 4.79 Å². The number of hydrogen-bond acceptors (Lipinski definition) is 3. The summed E-state index contributed by atoms with van der Waals surface area (Å²) < 4.78 is 12.2. The van der Waals surface area contributed by atoms with Crippen LogP contribution in [0, 0.1) is 0 Å². The van der Waals surface area contributed by atoms with E-state index in [0.29, 0.717) is 5.57 Å². The molecule has 1 unspecified atom stereocenters. The molecule has 0 aromatic carbocycles. The maximum absolute atomic E-state index is 11.9. The second-order valence-corrected chi connectivity index (χ2v) is 10.8. The Morgan fingerprint density at radius 3 is 1.85 bits per heavy atom. The first-order chi connectivity index (χ1) is 8.97. The quantitative estimate of drug-likeness (QED) is 0.373. The Bertz CT molecular complexity index is 359. The van der Waals surface area contributed by atoms with Crippen molar-refractivity contribution in [3.8, 4) is 0 Å². The number of carbonyl (C=O) groups excluding carboxylic acids is 1. The summed E-state index contributed by atoms with van der Waals surface area (Å²) in [4.78, 5) is 11.9. The molecule has 3 nitrogen and oxygen atoms in total. The minimum absolute atomic E-state index is 0.151. The van der Waals surface area contributed by atoms with E-state index in [0.717, 1.165) is 19.3 Å². The van der Waals surface area contributed by atoms with Crippen LogP contribution in [0.5, 0.6) is 0 Å². The number of carbonyl (C=O) groups is 1. The molecule has 1 atom stereocenters. The fraction of sp³-hybridized carbons (Fsp3) is 0.812. The van der Waals surface area contributed by atoms with Crippen LogP contribution in [0.15, 0.2) is 12.2 Å². The molecule has 0 aliphatic rings. The zero-order valence-electron chi connectivity index (χ0n) is 14.6. The molecular formula is C16H32O3Si. The van der Waals surface area contributed by atoms with Crippen LogP contribution in [0.25, 0.3) is 0 Å². The van der Waals surface area contributed by atoms with E-state index >= 15 is 0 Å². The van der Waals surface area contributed by atoms with Gasteiger partial charge >= 0.3 is 5.97 Å². The molecule has 0 bridgehead atoms. The fourth-order valence-corrected chi connectivity index (χ4v) is 4.96. The standard InChI is InChI=1S/C16H32O3Si/c1-10-15(6,11-2)19-20(8,9)16(7,12-3)18-14(17)13(4)5/h4,10-12H2,1-3,5-9H3. The fourth-order valence-electron chi connectivity index (χ4n) is 2.03. The van der Waals surface area contributed by atoms with Gasteiger partial charge in [0.05, 0.1) is 5.60 Å². The van der Waals surface area contributed by atoms with Crippen molar-refractivity contribution in [1.82, 2.24) is 0 Å². The molecule has 0 aromatic rings. The van der Waals surface area contributed by atoms with E-state index in [2.05, 4.69) is 40.4 Å². The molecule has 0 aliphatic carbocycles. The van der Waals surface area contributed by atoms with Crippen LogP contribution >= 0.6 is 0 Å². The van der Waals surface area contributed by atoms with Crippen molar-refractivity contribution in [1.29, 1.82) is 0 Å². The highest BCUT2D eigenvalue weighted by atomic mass is 28.4. The van der Waals surface area contributed by atoms with Gasteiger partial charge in [-0.25, -0.2) is 4.79 Å². The van der Waals surface area contributed by atoms with E-state index in [1.54, 1.807) is 6.92 Å². The van der Waals surface area contributed by atoms with Gasteiger partial charge in [-0.15, -0.1) is 0 Å². The Morgan fingerprint density at radius 2 is 1.55 bits per heavy atom. The largest absolute Gasteiger partial charge is 0.457 e. The van der Waals surface area contributed by atoms with Gasteiger partial charge in [-0.1, -0.05) is 27.4 Å². The van der Waals surface area contributed by atoms with Crippen molar-refractivity contribution in [3.63, 3.8) is 0 Å². The van der Waals surface area contributed by atoms with Gasteiger partial charge in [0.15, 0.2) is 0 Å². The van der Waals surface area contributed by atoms with Crippen LogP contribution in [0.3, 0.4) is 0 Å². The molecule has 118 valence electrons. The first-order valence-corrected chi connectivity index (χ1v) is 10.5. The SMILES string of the molecule is C=C(C)C(=O)OC(C)(CC)[Si](C)(C)OC(C)(CC)CC. The van der Waals surface area contributed by atoms with Crippen LogP contribution in [0.1, 0.15) is 60.8 Å². The molecule has 0 aliphatic heterocycles. The van der Waals surface area contributed by atoms with Gasteiger partial charge in [0, 0.05) is 5.57 Å². The Labute approximate surface area is 125 Å². The summed E-state index contributed by atoms with van der Waals surface area (Å²) in [6.07, 6.45) is 2.65. The number of esters is 1. The van der Waals surface area contributed by atoms with Crippen LogP contribution in [0.4, 0.5) is 0 Å². The highest BCUT2D eigenvalue weighted by molar-refractivity contribution is 6.74. The van der Waals surface area contributed by atoms with Crippen molar-refractivity contribution >= 4 is 14.3 Å². The molecule has 0 saturated carbocycles. The van der Waals surface area contributed by atoms with Gasteiger partial charge in [0.1, 0.15) is 5.22 Å². The molecule has 0 amide bonds. The predicted octanol–water partition coefficient (Wildman–Crippen LogP) is 4.61. The van der Waals surface area contributed by atoms with Crippen LogP contribution in [-0.4, -0.2) is 25.1 Å². The van der Waals surface area contributed by atoms with Gasteiger partial charge < -0.3 is 9.16 Å². The molecule has 0 aromatic heterocycles. The van der Waals surface area contributed by atoms with E-state index in [4.69, 9.17) is 9.16 Å². The smallest absolute Gasteiger partial charge is 0.333 e. The molecular weight excluding hydrogens is 268 g/mol. The Kier molecular flexibility index (Phi) is 6.69. The van der Waals surface area contributed by atoms with E-state index in [1.165, 1.54) is 0 Å². The summed E-state index contributed by atoms with van der Waals surface area (Å²) in [5, 5.41) is -0.547. The number of rotatable bonds is 8. The van der Waals surface area contributed by atoms with Crippen LogP contribution in [0.2, 0.25) is 13.1 Å². The summed E-state index contributed by atoms with van der Waals surface area (Å²) in [6, 6.07) is 0. The summed E-state index contributed by atoms with van der Waals surface area (Å²) in [7, 11) is -2.23. The van der Waals surface area contributed by atoms with Crippen molar-refractivity contribution < 1.29 is 14.0 Å². The van der Waals surface area contributed by atoms with E-state index in [1.807, 2.05) is 13.8 Å². The zero-order valence-corrected chi connectivity index (χ0v) is 15.6. The highest BCUT2D eigenvalue weighted by Crippen LogP contribution is 2.35. The van der Waals surface area contributed by atoms with Crippen molar-refractivity contribution in [3.05, 3.63) is 12.2 Å². The first kappa shape index (κ1) is 19.4. The molecule has 4 heteroatoms. The van der Waals surface area contributed by atoms with Crippen LogP contribution in [-0.2, 0) is 14.0 Å². The second-order valence-electron chi connectivity index (χ2n) is 6.52. The molecule has 0 fully saturated rings. The molecule has 0 saturated heterocycles. The summed E-state index contributed by atoms with van der Waals surface area (Å²) in [5.41, 5.74) is 0.283. The molecule has 0 spiro atoms. The van der Waals surface area contributed by atoms with Crippen molar-refractivity contribution in [2.75, 3.05) is 0 Å². The third-order valence-electron chi connectivity index (χ3n) is 4.61. The Morgan fingerprint density at radius 1 is 1.10 bits per heavy atom. The average molecular weight is 301 g/mol. The normalized spacial score (nSPS) is 15.6. The Hall–Kier alpha value is -0.613. The maximum Gasteiger partial charge on any atom is 0.333 e. The molecule has 20 heavy (non-hydrogen) atoms. The predicted molar refractivity (Wildman–Crippen MR) is 87.2 cm³/mol. The molecule has 0 heterocycles. The first-order valence-electron chi connectivity index (χ1n) is 7.56. The van der Waals surface area contributed by atoms with Gasteiger partial charge in [-0.05, 0) is 53.1 Å². The number of hydrogen-bond donors (Lipinski definition) is 0. The maximum atomic E-state index is 11.9. The second kappa shape index (κ2) is 6.90. The van der Waals surface area contributed by atoms with Gasteiger partial charge in [0.2, 0.25) is 8.32 Å². The minimum Gasteiger partial charge on any atom is -0.457 e. The van der Waals surface area contributed by atoms with Gasteiger partial charge in [-0.2, -0.15) is 0 Å². The summed E-state index contributed by atoms with van der Waals surface area (Å²) in [5.74, 6) is -0.326. The third kappa shape index (κ3) is 4.45. The monoisotopic (exact) mass is 300 g/mol. The topological polar surface area (TPSA) is 35.5 Å². The number of ether oxygens (including phenoxy) is 1. The summed E-state index contributed by atoms with van der Waals surface area (Å²) in [6.45, 7) is 20.0. The van der Waals surface area contributed by atoms with Crippen LogP contribution < -0.4 is 0 Å². The Balaban J connectivity index is 5.28. The molecule has 0 rings (SSSR count). The molecule has 0 N–H and O–H groups in total. The van der Waals surface area contributed by atoms with Crippen molar-refractivity contribution in [2.45, 2.75) is 84.7 Å². The lowest BCUT2D eigenvalue weighted by atomic mass is 10.0. The van der Waals surface area contributed by atoms with E-state index < -0.39 is 13.5 Å². The summed E-state index contributed by atoms with van der Waals surface area (Å²) >= 11 is 0. The third-order valence-corrected chi connectivity index (χ3v) is 8.62. The van der Waals surface area contributed by atoms with Gasteiger partial charge in [-0.3, -0.25) is 0 Å².